The van der Waals surface area contributed by atoms with Crippen molar-refractivity contribution in [1.82, 2.24) is 4.31 Å². The van der Waals surface area contributed by atoms with E-state index in [0.717, 1.165) is 25.7 Å². The Balaban J connectivity index is 2.17. The SMILES string of the molecule is O=S(=O)(c1cc(CO)cs1)N1CCCCCCC1. The molecule has 1 aromatic heterocycles. The third-order valence-electron chi connectivity index (χ3n) is 3.22. The Kier molecular flexibility index (Phi) is 4.77. The van der Waals surface area contributed by atoms with Gasteiger partial charge < -0.3 is 5.11 Å². The molecule has 1 fully saturated rings. The zero-order valence-corrected chi connectivity index (χ0v) is 12.0. The molecule has 0 unspecified atom stereocenters. The van der Waals surface area contributed by atoms with E-state index in [0.29, 0.717) is 22.9 Å². The van der Waals surface area contributed by atoms with Gasteiger partial charge in [0.2, 0.25) is 0 Å². The van der Waals surface area contributed by atoms with E-state index in [1.165, 1.54) is 17.8 Å². The van der Waals surface area contributed by atoms with Gasteiger partial charge in [0, 0.05) is 13.1 Å². The highest BCUT2D eigenvalue weighted by Crippen LogP contribution is 2.25. The van der Waals surface area contributed by atoms with Gasteiger partial charge in [-0.3, -0.25) is 0 Å². The molecule has 2 heterocycles. The van der Waals surface area contributed by atoms with Crippen molar-refractivity contribution >= 4 is 21.4 Å². The lowest BCUT2D eigenvalue weighted by Crippen LogP contribution is -2.33. The van der Waals surface area contributed by atoms with Gasteiger partial charge in [0.1, 0.15) is 4.21 Å². The molecule has 0 bridgehead atoms. The molecule has 6 heteroatoms. The van der Waals surface area contributed by atoms with E-state index < -0.39 is 10.0 Å². The standard InChI is InChI=1S/C12H19NO3S2/c14-9-11-8-12(17-10-11)18(15,16)13-6-4-2-1-3-5-7-13/h8,10,14H,1-7,9H2. The molecule has 4 nitrogen and oxygen atoms in total. The molecule has 0 saturated carbocycles. The molecule has 0 atom stereocenters. The van der Waals surface area contributed by atoms with Crippen LogP contribution in [0, 0.1) is 0 Å². The number of aliphatic hydroxyl groups excluding tert-OH is 1. The van der Waals surface area contributed by atoms with Crippen LogP contribution in [-0.2, 0) is 16.6 Å². The van der Waals surface area contributed by atoms with Crippen LogP contribution >= 0.6 is 11.3 Å². The summed E-state index contributed by atoms with van der Waals surface area (Å²) >= 11 is 1.20. The zero-order chi connectivity index (χ0) is 13.0. The minimum absolute atomic E-state index is 0.105. The average Bonchev–Trinajstić information content (AvgIpc) is 2.76. The molecule has 1 saturated heterocycles. The predicted octanol–water partition coefficient (Wildman–Crippen LogP) is 2.20. The number of rotatable bonds is 3. The number of aliphatic hydroxyl groups is 1. The van der Waals surface area contributed by atoms with E-state index >= 15 is 0 Å². The van der Waals surface area contributed by atoms with Gasteiger partial charge in [0.15, 0.2) is 0 Å². The van der Waals surface area contributed by atoms with Crippen LogP contribution in [0.3, 0.4) is 0 Å². The summed E-state index contributed by atoms with van der Waals surface area (Å²) in [5.74, 6) is 0. The Morgan fingerprint density at radius 2 is 1.78 bits per heavy atom. The van der Waals surface area contributed by atoms with Crippen molar-refractivity contribution in [1.29, 1.82) is 0 Å². The van der Waals surface area contributed by atoms with Crippen molar-refractivity contribution in [3.63, 3.8) is 0 Å². The van der Waals surface area contributed by atoms with E-state index in [2.05, 4.69) is 0 Å². The molecule has 1 aliphatic rings. The summed E-state index contributed by atoms with van der Waals surface area (Å²) in [6, 6.07) is 1.58. The minimum Gasteiger partial charge on any atom is -0.392 e. The maximum absolute atomic E-state index is 12.4. The van der Waals surface area contributed by atoms with Crippen molar-refractivity contribution in [2.75, 3.05) is 13.1 Å². The quantitative estimate of drug-likeness (QED) is 0.928. The fourth-order valence-electron chi connectivity index (χ4n) is 2.16. The van der Waals surface area contributed by atoms with E-state index in [9.17, 15) is 8.42 Å². The van der Waals surface area contributed by atoms with Crippen molar-refractivity contribution in [3.05, 3.63) is 17.0 Å². The third kappa shape index (κ3) is 3.12. The Bertz CT molecular complexity index is 473. The van der Waals surface area contributed by atoms with Crippen LogP contribution < -0.4 is 0 Å². The predicted molar refractivity (Wildman–Crippen MR) is 72.1 cm³/mol. The van der Waals surface area contributed by atoms with Crippen molar-refractivity contribution in [3.8, 4) is 0 Å². The Labute approximate surface area is 112 Å². The molecule has 0 spiro atoms. The highest BCUT2D eigenvalue weighted by Gasteiger charge is 2.26. The first-order valence-corrected chi connectivity index (χ1v) is 8.65. The van der Waals surface area contributed by atoms with Crippen LogP contribution in [0.25, 0.3) is 0 Å². The summed E-state index contributed by atoms with van der Waals surface area (Å²) in [6.07, 6.45) is 5.31. The number of thiophene rings is 1. The van der Waals surface area contributed by atoms with Crippen molar-refractivity contribution in [2.24, 2.45) is 0 Å². The number of nitrogens with zero attached hydrogens (tertiary/aromatic N) is 1. The summed E-state index contributed by atoms with van der Waals surface area (Å²) in [5.41, 5.74) is 0.672. The normalized spacial score (nSPS) is 19.4. The lowest BCUT2D eigenvalue weighted by Gasteiger charge is -2.23. The number of hydrogen-bond acceptors (Lipinski definition) is 4. The van der Waals surface area contributed by atoms with Crippen molar-refractivity contribution < 1.29 is 13.5 Å². The summed E-state index contributed by atoms with van der Waals surface area (Å²) in [7, 11) is -3.35. The van der Waals surface area contributed by atoms with Gasteiger partial charge in [-0.25, -0.2) is 8.42 Å². The third-order valence-corrected chi connectivity index (χ3v) is 6.58. The molecule has 1 aromatic rings. The van der Waals surface area contributed by atoms with Crippen molar-refractivity contribution in [2.45, 2.75) is 42.9 Å². The van der Waals surface area contributed by atoms with E-state index in [1.807, 2.05) is 0 Å². The minimum atomic E-state index is -3.35. The first-order valence-electron chi connectivity index (χ1n) is 6.33. The van der Waals surface area contributed by atoms with Crippen LogP contribution in [0.2, 0.25) is 0 Å². The molecule has 1 N–H and O–H groups in total. The van der Waals surface area contributed by atoms with Gasteiger partial charge in [0.25, 0.3) is 10.0 Å². The van der Waals surface area contributed by atoms with Gasteiger partial charge in [-0.15, -0.1) is 11.3 Å². The fourth-order valence-corrected chi connectivity index (χ4v) is 5.03. The van der Waals surface area contributed by atoms with Crippen LogP contribution in [0.1, 0.15) is 37.7 Å². The first kappa shape index (κ1) is 14.0. The second-order valence-electron chi connectivity index (χ2n) is 4.60. The van der Waals surface area contributed by atoms with E-state index in [4.69, 9.17) is 5.11 Å². The van der Waals surface area contributed by atoms with Gasteiger partial charge in [-0.1, -0.05) is 19.3 Å². The van der Waals surface area contributed by atoms with Crippen LogP contribution in [-0.4, -0.2) is 30.9 Å². The number of hydrogen-bond donors (Lipinski definition) is 1. The van der Waals surface area contributed by atoms with Gasteiger partial charge in [-0.05, 0) is 29.9 Å². The summed E-state index contributed by atoms with van der Waals surface area (Å²) in [5, 5.41) is 10.7. The van der Waals surface area contributed by atoms with Gasteiger partial charge in [-0.2, -0.15) is 4.31 Å². The molecule has 18 heavy (non-hydrogen) atoms. The maximum atomic E-state index is 12.4. The van der Waals surface area contributed by atoms with Crippen LogP contribution in [0.5, 0.6) is 0 Å². The summed E-state index contributed by atoms with van der Waals surface area (Å²) in [4.78, 5) is 0. The lowest BCUT2D eigenvalue weighted by molar-refractivity contribution is 0.282. The van der Waals surface area contributed by atoms with E-state index in [1.54, 1.807) is 15.8 Å². The maximum Gasteiger partial charge on any atom is 0.252 e. The Morgan fingerprint density at radius 1 is 1.17 bits per heavy atom. The molecule has 0 radical (unpaired) electrons. The molecular weight excluding hydrogens is 270 g/mol. The molecule has 0 aromatic carbocycles. The Hall–Kier alpha value is -0.430. The summed E-state index contributed by atoms with van der Waals surface area (Å²) in [6.45, 7) is 1.13. The molecular formula is C12H19NO3S2. The molecule has 0 amide bonds. The first-order chi connectivity index (χ1) is 8.64. The molecule has 1 aliphatic heterocycles. The van der Waals surface area contributed by atoms with Crippen LogP contribution in [0.15, 0.2) is 15.7 Å². The smallest absolute Gasteiger partial charge is 0.252 e. The lowest BCUT2D eigenvalue weighted by atomic mass is 10.1. The van der Waals surface area contributed by atoms with E-state index in [-0.39, 0.29) is 6.61 Å². The average molecular weight is 289 g/mol. The topological polar surface area (TPSA) is 57.6 Å². The molecule has 0 aliphatic carbocycles. The van der Waals surface area contributed by atoms with Gasteiger partial charge >= 0.3 is 0 Å². The second kappa shape index (κ2) is 6.14. The second-order valence-corrected chi connectivity index (χ2v) is 7.68. The number of sulfonamides is 1. The highest BCUT2D eigenvalue weighted by molar-refractivity contribution is 7.91. The fraction of sp³-hybridized carbons (Fsp3) is 0.667. The summed E-state index contributed by atoms with van der Waals surface area (Å²) < 4.78 is 26.8. The Morgan fingerprint density at radius 3 is 2.33 bits per heavy atom. The largest absolute Gasteiger partial charge is 0.392 e. The highest BCUT2D eigenvalue weighted by atomic mass is 32.2. The molecule has 2 rings (SSSR count). The van der Waals surface area contributed by atoms with Gasteiger partial charge in [0.05, 0.1) is 6.61 Å². The zero-order valence-electron chi connectivity index (χ0n) is 10.3. The monoisotopic (exact) mass is 289 g/mol. The molecule has 102 valence electrons. The van der Waals surface area contributed by atoms with Crippen LogP contribution in [0.4, 0.5) is 0 Å².